The van der Waals surface area contributed by atoms with Gasteiger partial charge in [-0.3, -0.25) is 4.40 Å². The molecule has 0 saturated carbocycles. The SMILES string of the molecule is Clc1cccc(-c2nnc3ccc(-c4ccoc4)cn23)c1. The van der Waals surface area contributed by atoms with Crippen molar-refractivity contribution in [2.24, 2.45) is 0 Å². The molecule has 0 unspecified atom stereocenters. The van der Waals surface area contributed by atoms with Gasteiger partial charge in [-0.25, -0.2) is 0 Å². The lowest BCUT2D eigenvalue weighted by Gasteiger charge is -2.03. The maximum absolute atomic E-state index is 6.06. The van der Waals surface area contributed by atoms with Crippen LogP contribution in [0.25, 0.3) is 28.2 Å². The summed E-state index contributed by atoms with van der Waals surface area (Å²) >= 11 is 6.06. The molecular formula is C16H10ClN3O. The van der Waals surface area contributed by atoms with Crippen molar-refractivity contribution < 1.29 is 4.42 Å². The number of fused-ring (bicyclic) bond motifs is 1. The third-order valence-corrected chi connectivity index (χ3v) is 3.57. The Morgan fingerprint density at radius 1 is 0.952 bits per heavy atom. The van der Waals surface area contributed by atoms with Crippen LogP contribution in [0.15, 0.2) is 65.6 Å². The van der Waals surface area contributed by atoms with Gasteiger partial charge in [0.2, 0.25) is 0 Å². The molecule has 5 heteroatoms. The van der Waals surface area contributed by atoms with Crippen LogP contribution in [0.2, 0.25) is 5.02 Å². The van der Waals surface area contributed by atoms with Crippen LogP contribution in [-0.4, -0.2) is 14.6 Å². The molecule has 0 spiro atoms. The number of furan rings is 1. The third-order valence-electron chi connectivity index (χ3n) is 3.34. The zero-order valence-electron chi connectivity index (χ0n) is 10.9. The van der Waals surface area contributed by atoms with E-state index in [0.717, 1.165) is 28.2 Å². The van der Waals surface area contributed by atoms with Gasteiger partial charge in [0.25, 0.3) is 0 Å². The first-order valence-corrected chi connectivity index (χ1v) is 6.82. The first kappa shape index (κ1) is 12.2. The number of hydrogen-bond donors (Lipinski definition) is 0. The van der Waals surface area contributed by atoms with Crippen molar-refractivity contribution in [3.05, 3.63) is 66.2 Å². The van der Waals surface area contributed by atoms with E-state index in [1.807, 2.05) is 53.1 Å². The van der Waals surface area contributed by atoms with E-state index >= 15 is 0 Å². The normalized spacial score (nSPS) is 11.1. The summed E-state index contributed by atoms with van der Waals surface area (Å²) in [5.74, 6) is 0.762. The lowest BCUT2D eigenvalue weighted by atomic mass is 10.1. The number of nitrogens with zero attached hydrogens (tertiary/aromatic N) is 3. The minimum Gasteiger partial charge on any atom is -0.472 e. The fourth-order valence-corrected chi connectivity index (χ4v) is 2.50. The number of halogens is 1. The Balaban J connectivity index is 1.92. The highest BCUT2D eigenvalue weighted by molar-refractivity contribution is 6.30. The highest BCUT2D eigenvalue weighted by Crippen LogP contribution is 2.25. The first-order valence-electron chi connectivity index (χ1n) is 6.44. The Morgan fingerprint density at radius 3 is 2.71 bits per heavy atom. The molecule has 3 heterocycles. The van der Waals surface area contributed by atoms with Crippen molar-refractivity contribution in [1.29, 1.82) is 0 Å². The largest absolute Gasteiger partial charge is 0.472 e. The molecule has 0 radical (unpaired) electrons. The van der Waals surface area contributed by atoms with Gasteiger partial charge in [-0.2, -0.15) is 0 Å². The summed E-state index contributed by atoms with van der Waals surface area (Å²) in [7, 11) is 0. The van der Waals surface area contributed by atoms with Crippen LogP contribution in [0.1, 0.15) is 0 Å². The van der Waals surface area contributed by atoms with Crippen molar-refractivity contribution in [3.63, 3.8) is 0 Å². The lowest BCUT2D eigenvalue weighted by molar-refractivity contribution is 0.568. The van der Waals surface area contributed by atoms with Crippen LogP contribution < -0.4 is 0 Å². The van der Waals surface area contributed by atoms with E-state index in [1.165, 1.54) is 0 Å². The molecule has 0 aliphatic heterocycles. The van der Waals surface area contributed by atoms with Gasteiger partial charge in [-0.15, -0.1) is 10.2 Å². The number of pyridine rings is 1. The van der Waals surface area contributed by atoms with Crippen LogP contribution >= 0.6 is 11.6 Å². The van der Waals surface area contributed by atoms with Gasteiger partial charge in [0.15, 0.2) is 11.5 Å². The maximum Gasteiger partial charge on any atom is 0.168 e. The smallest absolute Gasteiger partial charge is 0.168 e. The number of rotatable bonds is 2. The molecule has 0 amide bonds. The van der Waals surface area contributed by atoms with Gasteiger partial charge in [0.05, 0.1) is 12.5 Å². The molecule has 0 aliphatic carbocycles. The summed E-state index contributed by atoms with van der Waals surface area (Å²) in [6, 6.07) is 13.4. The van der Waals surface area contributed by atoms with E-state index in [-0.39, 0.29) is 0 Å². The van der Waals surface area contributed by atoms with Crippen LogP contribution in [0.4, 0.5) is 0 Å². The third kappa shape index (κ3) is 2.10. The lowest BCUT2D eigenvalue weighted by Crippen LogP contribution is -1.90. The monoisotopic (exact) mass is 295 g/mol. The van der Waals surface area contributed by atoms with E-state index in [0.29, 0.717) is 5.02 Å². The summed E-state index contributed by atoms with van der Waals surface area (Å²) in [6.45, 7) is 0. The molecule has 0 fully saturated rings. The molecule has 21 heavy (non-hydrogen) atoms. The van der Waals surface area contributed by atoms with E-state index in [4.69, 9.17) is 16.0 Å². The average molecular weight is 296 g/mol. The second-order valence-corrected chi connectivity index (χ2v) is 5.13. The average Bonchev–Trinajstić information content (AvgIpc) is 3.16. The highest BCUT2D eigenvalue weighted by atomic mass is 35.5. The molecular weight excluding hydrogens is 286 g/mol. The Bertz CT molecular complexity index is 912. The van der Waals surface area contributed by atoms with Gasteiger partial charge in [-0.1, -0.05) is 23.7 Å². The van der Waals surface area contributed by atoms with Crippen LogP contribution in [-0.2, 0) is 0 Å². The van der Waals surface area contributed by atoms with E-state index in [9.17, 15) is 0 Å². The number of benzene rings is 1. The maximum atomic E-state index is 6.06. The second kappa shape index (κ2) is 4.75. The standard InChI is InChI=1S/C16H10ClN3O/c17-14-3-1-2-11(8-14)16-19-18-15-5-4-12(9-20(15)16)13-6-7-21-10-13/h1-10H. The minimum atomic E-state index is 0.676. The molecule has 102 valence electrons. The van der Waals surface area contributed by atoms with Gasteiger partial charge in [-0.05, 0) is 30.3 Å². The molecule has 0 atom stereocenters. The molecule has 0 aliphatic rings. The molecule has 0 N–H and O–H groups in total. The van der Waals surface area contributed by atoms with E-state index in [2.05, 4.69) is 10.2 Å². The topological polar surface area (TPSA) is 43.3 Å². The van der Waals surface area contributed by atoms with Crippen molar-refractivity contribution in [2.75, 3.05) is 0 Å². The zero-order chi connectivity index (χ0) is 14.2. The molecule has 0 saturated heterocycles. The fourth-order valence-electron chi connectivity index (χ4n) is 2.31. The molecule has 0 bridgehead atoms. The molecule has 4 nitrogen and oxygen atoms in total. The molecule has 4 aromatic rings. The Hall–Kier alpha value is -2.59. The quantitative estimate of drug-likeness (QED) is 0.553. The predicted octanol–water partition coefficient (Wildman–Crippen LogP) is 4.31. The summed E-state index contributed by atoms with van der Waals surface area (Å²) < 4.78 is 7.09. The minimum absolute atomic E-state index is 0.676. The van der Waals surface area contributed by atoms with Crippen molar-refractivity contribution in [3.8, 4) is 22.5 Å². The van der Waals surface area contributed by atoms with Crippen molar-refractivity contribution in [2.45, 2.75) is 0 Å². The van der Waals surface area contributed by atoms with Crippen LogP contribution in [0.5, 0.6) is 0 Å². The second-order valence-electron chi connectivity index (χ2n) is 4.69. The molecule has 3 aromatic heterocycles. The van der Waals surface area contributed by atoms with E-state index in [1.54, 1.807) is 12.5 Å². The Labute approximate surface area is 125 Å². The summed E-state index contributed by atoms with van der Waals surface area (Å²) in [5, 5.41) is 9.13. The number of hydrogen-bond acceptors (Lipinski definition) is 3. The van der Waals surface area contributed by atoms with Crippen LogP contribution in [0, 0.1) is 0 Å². The van der Waals surface area contributed by atoms with Crippen LogP contribution in [0.3, 0.4) is 0 Å². The fraction of sp³-hybridized carbons (Fsp3) is 0. The van der Waals surface area contributed by atoms with Gasteiger partial charge in [0, 0.05) is 27.9 Å². The number of aromatic nitrogens is 3. The summed E-state index contributed by atoms with van der Waals surface area (Å²) in [5.41, 5.74) is 3.78. The Morgan fingerprint density at radius 2 is 1.90 bits per heavy atom. The van der Waals surface area contributed by atoms with Gasteiger partial charge >= 0.3 is 0 Å². The molecule has 4 rings (SSSR count). The zero-order valence-corrected chi connectivity index (χ0v) is 11.7. The Kier molecular flexibility index (Phi) is 2.75. The highest BCUT2D eigenvalue weighted by Gasteiger charge is 2.10. The predicted molar refractivity (Wildman–Crippen MR) is 81.1 cm³/mol. The summed E-state index contributed by atoms with van der Waals surface area (Å²) in [6.07, 6.45) is 5.37. The van der Waals surface area contributed by atoms with E-state index < -0.39 is 0 Å². The first-order chi connectivity index (χ1) is 10.3. The summed E-state index contributed by atoms with van der Waals surface area (Å²) in [4.78, 5) is 0. The van der Waals surface area contributed by atoms with Crippen molar-refractivity contribution >= 4 is 17.2 Å². The van der Waals surface area contributed by atoms with Crippen molar-refractivity contribution in [1.82, 2.24) is 14.6 Å². The van der Waals surface area contributed by atoms with Gasteiger partial charge in [0.1, 0.15) is 0 Å². The van der Waals surface area contributed by atoms with Gasteiger partial charge < -0.3 is 4.42 Å². The molecule has 1 aromatic carbocycles.